The van der Waals surface area contributed by atoms with Crippen LogP contribution in [0.2, 0.25) is 0 Å². The minimum atomic E-state index is -0.928. The van der Waals surface area contributed by atoms with E-state index in [1.54, 1.807) is 24.3 Å². The number of ether oxygens (including phenoxy) is 2. The summed E-state index contributed by atoms with van der Waals surface area (Å²) in [6.07, 6.45) is 0.127. The summed E-state index contributed by atoms with van der Waals surface area (Å²) in [6.45, 7) is 6.98. The van der Waals surface area contributed by atoms with Crippen LogP contribution in [-0.2, 0) is 16.0 Å². The molecule has 0 aliphatic rings. The van der Waals surface area contributed by atoms with Gasteiger partial charge in [-0.2, -0.15) is 4.98 Å². The molecule has 158 valence electrons. The average molecular weight is 424 g/mol. The maximum absolute atomic E-state index is 14.4. The smallest absolute Gasteiger partial charge is 0.305 e. The molecule has 0 aliphatic heterocycles. The predicted octanol–water partition coefficient (Wildman–Crippen LogP) is 5.13. The van der Waals surface area contributed by atoms with E-state index >= 15 is 0 Å². The molecule has 0 amide bonds. The number of carbonyl (C=O) groups excluding carboxylic acids is 1. The van der Waals surface area contributed by atoms with Crippen LogP contribution in [0.5, 0.6) is 11.6 Å². The summed E-state index contributed by atoms with van der Waals surface area (Å²) < 4.78 is 38.7. The van der Waals surface area contributed by atoms with Gasteiger partial charge >= 0.3 is 5.97 Å². The monoisotopic (exact) mass is 424 g/mol. The van der Waals surface area contributed by atoms with Crippen LogP contribution in [0, 0.1) is 18.2 Å². The highest BCUT2D eigenvalue weighted by Crippen LogP contribution is 2.31. The number of nitrogens with one attached hydrogen (secondary N) is 1. The summed E-state index contributed by atoms with van der Waals surface area (Å²) >= 11 is 0. The number of nitrogen functional groups attached to an aromatic ring is 1. The van der Waals surface area contributed by atoms with E-state index in [4.69, 9.17) is 17.0 Å². The summed E-state index contributed by atoms with van der Waals surface area (Å²) in [5.41, 5.74) is 7.61. The second-order valence-electron chi connectivity index (χ2n) is 6.44. The molecule has 0 spiro atoms. The molecule has 0 saturated heterocycles. The number of carbonyl (C=O) groups is 1. The number of hydrogen-bond donors (Lipinski definition) is 2. The molecule has 3 aromatic rings. The van der Waals surface area contributed by atoms with Gasteiger partial charge in [0.1, 0.15) is 0 Å². The number of aryl methyl sites for hydroxylation is 1. The van der Waals surface area contributed by atoms with Crippen molar-refractivity contribution in [2.45, 2.75) is 12.8 Å². The van der Waals surface area contributed by atoms with E-state index in [0.717, 1.165) is 12.1 Å². The van der Waals surface area contributed by atoms with Crippen LogP contribution in [0.1, 0.15) is 12.0 Å². The Morgan fingerprint density at radius 3 is 2.45 bits per heavy atom. The number of aromatic nitrogens is 1. The van der Waals surface area contributed by atoms with Gasteiger partial charge in [-0.25, -0.2) is 13.6 Å². The summed E-state index contributed by atoms with van der Waals surface area (Å²) in [7, 11) is 1.24. The largest absolute Gasteiger partial charge is 0.469 e. The first-order valence-electron chi connectivity index (χ1n) is 9.13. The minimum Gasteiger partial charge on any atom is -0.469 e. The first-order chi connectivity index (χ1) is 14.9. The fourth-order valence-corrected chi connectivity index (χ4v) is 2.67. The number of hydrogen-bond acceptors (Lipinski definition) is 6. The molecule has 3 N–H and O–H groups in total. The Hall–Kier alpha value is -4.19. The molecule has 3 rings (SSSR count). The van der Waals surface area contributed by atoms with Gasteiger partial charge in [-0.15, -0.1) is 0 Å². The average Bonchev–Trinajstić information content (AvgIpc) is 2.77. The first-order valence-corrected chi connectivity index (χ1v) is 9.13. The number of nitrogens with two attached hydrogens (primary N) is 1. The van der Waals surface area contributed by atoms with E-state index in [-0.39, 0.29) is 24.5 Å². The summed E-state index contributed by atoms with van der Waals surface area (Å²) in [4.78, 5) is 18.7. The van der Waals surface area contributed by atoms with Crippen molar-refractivity contribution in [2.75, 3.05) is 18.2 Å². The molecule has 0 saturated carbocycles. The van der Waals surface area contributed by atoms with Crippen molar-refractivity contribution in [1.82, 2.24) is 4.98 Å². The predicted molar refractivity (Wildman–Crippen MR) is 111 cm³/mol. The van der Waals surface area contributed by atoms with Gasteiger partial charge in [-0.3, -0.25) is 4.79 Å². The second kappa shape index (κ2) is 9.54. The Labute approximate surface area is 177 Å². The zero-order valence-electron chi connectivity index (χ0n) is 16.5. The Bertz CT molecular complexity index is 1120. The molecule has 0 aliphatic carbocycles. The van der Waals surface area contributed by atoms with E-state index in [2.05, 4.69) is 19.9 Å². The molecule has 9 heteroatoms. The van der Waals surface area contributed by atoms with Crippen molar-refractivity contribution in [3.05, 3.63) is 77.1 Å². The van der Waals surface area contributed by atoms with Gasteiger partial charge in [0.25, 0.3) is 0 Å². The van der Waals surface area contributed by atoms with Crippen LogP contribution in [0.25, 0.3) is 4.85 Å². The number of pyridine rings is 1. The highest BCUT2D eigenvalue weighted by atomic mass is 19.1. The zero-order chi connectivity index (χ0) is 22.4. The summed E-state index contributed by atoms with van der Waals surface area (Å²) in [6, 6.07) is 11.7. The summed E-state index contributed by atoms with van der Waals surface area (Å²) in [5.74, 6) is -2.80. The van der Waals surface area contributed by atoms with Crippen LogP contribution >= 0.6 is 0 Å². The number of methoxy groups -OCH3 is 1. The molecule has 1 aromatic heterocycles. The molecular formula is C22H18F2N4O3. The molecule has 0 radical (unpaired) electrons. The lowest BCUT2D eigenvalue weighted by Gasteiger charge is -2.12. The molecule has 31 heavy (non-hydrogen) atoms. The number of benzene rings is 2. The van der Waals surface area contributed by atoms with Crippen LogP contribution < -0.4 is 15.8 Å². The molecule has 1 heterocycles. The Kier molecular flexibility index (Phi) is 6.62. The standard InChI is InChI=1S/C22H18F2N4O3/c1-26-14-4-6-15(7-5-14)27-22-18(25)8-9-19(28-22)31-21-16(23)11-13(12-17(21)24)3-10-20(29)30-2/h4-9,11-12H,3,10,25H2,2H3,(H,27,28). The topological polar surface area (TPSA) is 90.8 Å². The SMILES string of the molecule is [C-]#[N+]c1ccc(Nc2nc(Oc3c(F)cc(CCC(=O)OC)cc3F)ccc2N)cc1. The fraction of sp³-hybridized carbons (Fsp3) is 0.136. The maximum Gasteiger partial charge on any atom is 0.305 e. The van der Waals surface area contributed by atoms with E-state index in [1.165, 1.54) is 19.2 Å². The normalized spacial score (nSPS) is 10.3. The molecule has 0 fully saturated rings. The number of rotatable bonds is 7. The van der Waals surface area contributed by atoms with Crippen molar-refractivity contribution < 1.29 is 23.0 Å². The molecular weight excluding hydrogens is 406 g/mol. The zero-order valence-corrected chi connectivity index (χ0v) is 16.5. The van der Waals surface area contributed by atoms with Gasteiger partial charge in [-0.1, -0.05) is 12.1 Å². The minimum absolute atomic E-state index is 0.000988. The van der Waals surface area contributed by atoms with Gasteiger partial charge in [0, 0.05) is 18.2 Å². The van der Waals surface area contributed by atoms with Crippen molar-refractivity contribution in [2.24, 2.45) is 0 Å². The number of nitrogens with zero attached hydrogens (tertiary/aromatic N) is 2. The van der Waals surface area contributed by atoms with Crippen LogP contribution in [0.3, 0.4) is 0 Å². The Balaban J connectivity index is 1.78. The lowest BCUT2D eigenvalue weighted by Crippen LogP contribution is -2.04. The van der Waals surface area contributed by atoms with E-state index < -0.39 is 23.4 Å². The highest BCUT2D eigenvalue weighted by Gasteiger charge is 2.16. The number of esters is 1. The number of halogens is 2. The van der Waals surface area contributed by atoms with E-state index in [1.807, 2.05) is 0 Å². The van der Waals surface area contributed by atoms with Gasteiger partial charge in [0.05, 0.1) is 19.4 Å². The van der Waals surface area contributed by atoms with Gasteiger partial charge in [-0.05, 0) is 42.3 Å². The molecule has 7 nitrogen and oxygen atoms in total. The third-order valence-electron chi connectivity index (χ3n) is 4.27. The van der Waals surface area contributed by atoms with Crippen LogP contribution in [-0.4, -0.2) is 18.1 Å². The van der Waals surface area contributed by atoms with E-state index in [9.17, 15) is 13.6 Å². The van der Waals surface area contributed by atoms with Crippen molar-refractivity contribution in [1.29, 1.82) is 0 Å². The molecule has 0 atom stereocenters. The molecule has 0 unspecified atom stereocenters. The fourth-order valence-electron chi connectivity index (χ4n) is 2.67. The first kappa shape index (κ1) is 21.5. The molecule has 2 aromatic carbocycles. The third-order valence-corrected chi connectivity index (χ3v) is 4.27. The maximum atomic E-state index is 14.4. The number of anilines is 3. The Morgan fingerprint density at radius 2 is 1.84 bits per heavy atom. The van der Waals surface area contributed by atoms with Gasteiger partial charge in [0.2, 0.25) is 11.6 Å². The highest BCUT2D eigenvalue weighted by molar-refractivity contribution is 5.70. The van der Waals surface area contributed by atoms with E-state index in [0.29, 0.717) is 22.6 Å². The van der Waals surface area contributed by atoms with Crippen molar-refractivity contribution in [3.8, 4) is 11.6 Å². The second-order valence-corrected chi connectivity index (χ2v) is 6.44. The quantitative estimate of drug-likeness (QED) is 0.403. The molecule has 0 bridgehead atoms. The van der Waals surface area contributed by atoms with Gasteiger partial charge < -0.3 is 20.5 Å². The summed E-state index contributed by atoms with van der Waals surface area (Å²) in [5, 5.41) is 2.97. The van der Waals surface area contributed by atoms with Crippen LogP contribution in [0.15, 0.2) is 48.5 Å². The van der Waals surface area contributed by atoms with Crippen molar-refractivity contribution >= 4 is 28.8 Å². The van der Waals surface area contributed by atoms with Crippen LogP contribution in [0.4, 0.5) is 31.7 Å². The Morgan fingerprint density at radius 1 is 1.16 bits per heavy atom. The lowest BCUT2D eigenvalue weighted by molar-refractivity contribution is -0.140. The van der Waals surface area contributed by atoms with Crippen molar-refractivity contribution in [3.63, 3.8) is 0 Å². The third kappa shape index (κ3) is 5.45. The lowest BCUT2D eigenvalue weighted by atomic mass is 10.1. The van der Waals surface area contributed by atoms with Gasteiger partial charge in [0.15, 0.2) is 23.1 Å².